The monoisotopic (exact) mass is 259 g/mol. The second-order valence-corrected chi connectivity index (χ2v) is 4.58. The van der Waals surface area contributed by atoms with Crippen LogP contribution in [-0.2, 0) is 4.79 Å². The Morgan fingerprint density at radius 2 is 2.25 bits per heavy atom. The standard InChI is InChI=1S/C10H11Cl2N3O/c11-7-2-9(14-4-8(7)12)15-5-6(3-13)1-10(15)16/h2,4,6H,1,3,5,13H2. The minimum atomic E-state index is 0.0290. The molecule has 4 nitrogen and oxygen atoms in total. The normalized spacial score (nSPS) is 20.6. The van der Waals surface area contributed by atoms with Gasteiger partial charge in [-0.2, -0.15) is 0 Å². The number of amides is 1. The smallest absolute Gasteiger partial charge is 0.228 e. The molecule has 0 saturated carbocycles. The summed E-state index contributed by atoms with van der Waals surface area (Å²) >= 11 is 11.6. The van der Waals surface area contributed by atoms with Gasteiger partial charge in [-0.25, -0.2) is 4.98 Å². The molecule has 1 atom stereocenters. The summed E-state index contributed by atoms with van der Waals surface area (Å²) in [5, 5.41) is 0.781. The second kappa shape index (κ2) is 4.57. The summed E-state index contributed by atoms with van der Waals surface area (Å²) < 4.78 is 0. The number of nitrogens with zero attached hydrogens (tertiary/aromatic N) is 2. The van der Waals surface area contributed by atoms with Gasteiger partial charge in [0.1, 0.15) is 5.82 Å². The number of anilines is 1. The van der Waals surface area contributed by atoms with Gasteiger partial charge in [0.15, 0.2) is 0 Å². The maximum atomic E-state index is 11.7. The van der Waals surface area contributed by atoms with E-state index in [9.17, 15) is 4.79 Å². The van der Waals surface area contributed by atoms with Crippen LogP contribution in [-0.4, -0.2) is 24.0 Å². The first-order valence-electron chi connectivity index (χ1n) is 4.93. The summed E-state index contributed by atoms with van der Waals surface area (Å²) in [5.74, 6) is 0.764. The van der Waals surface area contributed by atoms with Crippen molar-refractivity contribution >= 4 is 34.9 Å². The Morgan fingerprint density at radius 1 is 1.50 bits per heavy atom. The molecule has 2 rings (SSSR count). The van der Waals surface area contributed by atoms with E-state index in [1.807, 2.05) is 0 Å². The molecule has 0 aromatic carbocycles. The largest absolute Gasteiger partial charge is 0.330 e. The number of carbonyl (C=O) groups excluding carboxylic acids is 1. The molecule has 1 aliphatic heterocycles. The lowest BCUT2D eigenvalue weighted by molar-refractivity contribution is -0.117. The Labute approximate surface area is 103 Å². The minimum absolute atomic E-state index is 0.0290. The molecular weight excluding hydrogens is 249 g/mol. The maximum absolute atomic E-state index is 11.7. The van der Waals surface area contributed by atoms with Crippen molar-refractivity contribution in [3.05, 3.63) is 22.3 Å². The van der Waals surface area contributed by atoms with Crippen LogP contribution in [0.2, 0.25) is 10.0 Å². The molecule has 6 heteroatoms. The number of halogens is 2. The first-order chi connectivity index (χ1) is 7.61. The Morgan fingerprint density at radius 3 is 2.81 bits per heavy atom. The van der Waals surface area contributed by atoms with E-state index in [0.717, 1.165) is 0 Å². The lowest BCUT2D eigenvalue weighted by atomic mass is 10.1. The van der Waals surface area contributed by atoms with Crippen molar-refractivity contribution in [1.29, 1.82) is 0 Å². The van der Waals surface area contributed by atoms with Crippen LogP contribution in [0.4, 0.5) is 5.82 Å². The van der Waals surface area contributed by atoms with Gasteiger partial charge in [-0.05, 0) is 12.5 Å². The maximum Gasteiger partial charge on any atom is 0.228 e. The van der Waals surface area contributed by atoms with Crippen LogP contribution < -0.4 is 10.6 Å². The quantitative estimate of drug-likeness (QED) is 0.880. The third-order valence-electron chi connectivity index (χ3n) is 2.61. The van der Waals surface area contributed by atoms with Crippen molar-refractivity contribution in [2.75, 3.05) is 18.0 Å². The molecule has 1 aliphatic rings. The number of carbonyl (C=O) groups is 1. The number of aromatic nitrogens is 1. The van der Waals surface area contributed by atoms with E-state index >= 15 is 0 Å². The molecule has 2 heterocycles. The molecule has 1 aromatic heterocycles. The van der Waals surface area contributed by atoms with Crippen LogP contribution in [0.1, 0.15) is 6.42 Å². The summed E-state index contributed by atoms with van der Waals surface area (Å²) in [6, 6.07) is 1.60. The zero-order valence-electron chi connectivity index (χ0n) is 8.49. The average Bonchev–Trinajstić information content (AvgIpc) is 2.64. The highest BCUT2D eigenvalue weighted by atomic mass is 35.5. The number of pyridine rings is 1. The van der Waals surface area contributed by atoms with Gasteiger partial charge in [0.2, 0.25) is 5.91 Å². The molecule has 0 radical (unpaired) electrons. The van der Waals surface area contributed by atoms with Crippen molar-refractivity contribution in [2.45, 2.75) is 6.42 Å². The molecule has 86 valence electrons. The van der Waals surface area contributed by atoms with Crippen molar-refractivity contribution in [1.82, 2.24) is 4.98 Å². The first kappa shape index (κ1) is 11.6. The van der Waals surface area contributed by atoms with Crippen LogP contribution in [0.15, 0.2) is 12.3 Å². The van der Waals surface area contributed by atoms with Crippen LogP contribution >= 0.6 is 23.2 Å². The van der Waals surface area contributed by atoms with Crippen LogP contribution in [0.5, 0.6) is 0 Å². The predicted octanol–water partition coefficient (Wildman–Crippen LogP) is 1.70. The van der Waals surface area contributed by atoms with E-state index in [1.54, 1.807) is 11.0 Å². The van der Waals surface area contributed by atoms with E-state index in [4.69, 9.17) is 28.9 Å². The van der Waals surface area contributed by atoms with Gasteiger partial charge in [0, 0.05) is 25.2 Å². The molecule has 2 N–H and O–H groups in total. The fourth-order valence-corrected chi connectivity index (χ4v) is 1.96. The highest BCUT2D eigenvalue weighted by Gasteiger charge is 2.30. The molecule has 0 spiro atoms. The van der Waals surface area contributed by atoms with Crippen molar-refractivity contribution in [3.63, 3.8) is 0 Å². The summed E-state index contributed by atoms with van der Waals surface area (Å²) in [6.07, 6.45) is 1.92. The number of rotatable bonds is 2. The predicted molar refractivity (Wildman–Crippen MR) is 63.8 cm³/mol. The fourth-order valence-electron chi connectivity index (χ4n) is 1.71. The molecule has 1 aromatic rings. The van der Waals surface area contributed by atoms with Gasteiger partial charge >= 0.3 is 0 Å². The SMILES string of the molecule is NCC1CC(=O)N(c2cc(Cl)c(Cl)cn2)C1. The van der Waals surface area contributed by atoms with Crippen molar-refractivity contribution in [2.24, 2.45) is 11.7 Å². The first-order valence-corrected chi connectivity index (χ1v) is 5.69. The van der Waals surface area contributed by atoms with E-state index in [1.165, 1.54) is 6.20 Å². The molecule has 1 fully saturated rings. The summed E-state index contributed by atoms with van der Waals surface area (Å²) in [6.45, 7) is 1.10. The number of nitrogens with two attached hydrogens (primary N) is 1. The van der Waals surface area contributed by atoms with E-state index < -0.39 is 0 Å². The van der Waals surface area contributed by atoms with Crippen molar-refractivity contribution in [3.8, 4) is 0 Å². The van der Waals surface area contributed by atoms with Gasteiger partial charge in [0.25, 0.3) is 0 Å². The van der Waals surface area contributed by atoms with Crippen LogP contribution in [0.3, 0.4) is 0 Å². The third-order valence-corrected chi connectivity index (χ3v) is 3.32. The summed E-state index contributed by atoms with van der Waals surface area (Å²) in [5.41, 5.74) is 5.54. The molecule has 0 bridgehead atoms. The molecule has 16 heavy (non-hydrogen) atoms. The Bertz CT molecular complexity index is 425. The lowest BCUT2D eigenvalue weighted by Crippen LogP contribution is -2.26. The van der Waals surface area contributed by atoms with E-state index in [-0.39, 0.29) is 11.8 Å². The van der Waals surface area contributed by atoms with Gasteiger partial charge < -0.3 is 5.73 Å². The second-order valence-electron chi connectivity index (χ2n) is 3.77. The Balaban J connectivity index is 2.24. The van der Waals surface area contributed by atoms with Crippen LogP contribution in [0, 0.1) is 5.92 Å². The Kier molecular flexibility index (Phi) is 3.33. The Hall–Kier alpha value is -0.840. The fraction of sp³-hybridized carbons (Fsp3) is 0.400. The average molecular weight is 260 g/mol. The number of hydrogen-bond donors (Lipinski definition) is 1. The topological polar surface area (TPSA) is 59.2 Å². The molecular formula is C10H11Cl2N3O. The zero-order valence-corrected chi connectivity index (χ0v) is 10.0. The molecule has 1 amide bonds. The highest BCUT2D eigenvalue weighted by molar-refractivity contribution is 6.42. The molecule has 1 unspecified atom stereocenters. The van der Waals surface area contributed by atoms with Gasteiger partial charge in [-0.3, -0.25) is 9.69 Å². The minimum Gasteiger partial charge on any atom is -0.330 e. The van der Waals surface area contributed by atoms with E-state index in [2.05, 4.69) is 4.98 Å². The lowest BCUT2D eigenvalue weighted by Gasteiger charge is -2.15. The molecule has 0 aliphatic carbocycles. The van der Waals surface area contributed by atoms with Crippen LogP contribution in [0.25, 0.3) is 0 Å². The zero-order chi connectivity index (χ0) is 11.7. The number of hydrogen-bond acceptors (Lipinski definition) is 3. The van der Waals surface area contributed by atoms with Crippen molar-refractivity contribution < 1.29 is 4.79 Å². The van der Waals surface area contributed by atoms with Gasteiger partial charge in [0.05, 0.1) is 10.0 Å². The summed E-state index contributed by atoms with van der Waals surface area (Å²) in [4.78, 5) is 17.4. The molecule has 1 saturated heterocycles. The van der Waals surface area contributed by atoms with Gasteiger partial charge in [-0.1, -0.05) is 23.2 Å². The van der Waals surface area contributed by atoms with Gasteiger partial charge in [-0.15, -0.1) is 0 Å². The summed E-state index contributed by atoms with van der Waals surface area (Å²) in [7, 11) is 0. The highest BCUT2D eigenvalue weighted by Crippen LogP contribution is 2.28. The van der Waals surface area contributed by atoms with E-state index in [0.29, 0.717) is 35.4 Å². The third kappa shape index (κ3) is 2.14.